The van der Waals surface area contributed by atoms with Crippen LogP contribution in [0.3, 0.4) is 0 Å². The molecule has 0 radical (unpaired) electrons. The second-order valence-electron chi connectivity index (χ2n) is 5.97. The van der Waals surface area contributed by atoms with E-state index in [1.54, 1.807) is 0 Å². The molecule has 2 amide bonds. The van der Waals surface area contributed by atoms with Crippen LogP contribution in [0.2, 0.25) is 0 Å². The zero-order valence-corrected chi connectivity index (χ0v) is 16.1. The number of β-lactam (4-membered cyclic amide) rings is 1. The van der Waals surface area contributed by atoms with E-state index in [-0.39, 0.29) is 24.1 Å². The molecule has 1 aromatic heterocycles. The Balaban J connectivity index is 1.48. The fraction of sp³-hybridized carbons (Fsp3) is 0.429. The van der Waals surface area contributed by atoms with E-state index >= 15 is 0 Å². The minimum atomic E-state index is -1.20. The normalized spacial score (nSPS) is 27.1. The first kappa shape index (κ1) is 18.3. The van der Waals surface area contributed by atoms with Gasteiger partial charge in [0.15, 0.2) is 5.17 Å². The van der Waals surface area contributed by atoms with Crippen molar-refractivity contribution in [2.24, 2.45) is 10.7 Å². The van der Waals surface area contributed by atoms with Gasteiger partial charge in [0.2, 0.25) is 5.91 Å². The number of carboxylic acid groups (broad SMARTS) is 1. The number of fused-ring (bicyclic) bond motifs is 1. The molecule has 4 rings (SSSR count). The maximum absolute atomic E-state index is 12.6. The molecule has 1 saturated heterocycles. The van der Waals surface area contributed by atoms with Crippen LogP contribution >= 0.6 is 34.9 Å². The predicted molar refractivity (Wildman–Crippen MR) is 102 cm³/mol. The first-order chi connectivity index (χ1) is 13.0. The molecule has 1 fully saturated rings. The second-order valence-corrected chi connectivity index (χ2v) is 8.95. The molecule has 3 aliphatic rings. The lowest BCUT2D eigenvalue weighted by atomic mass is 10.0. The molecule has 3 atom stereocenters. The van der Waals surface area contributed by atoms with Crippen LogP contribution in [0.4, 0.5) is 0 Å². The van der Waals surface area contributed by atoms with E-state index in [0.717, 1.165) is 0 Å². The molecule has 27 heavy (non-hydrogen) atoms. The summed E-state index contributed by atoms with van der Waals surface area (Å²) in [6.45, 7) is 0. The number of nitrogens with two attached hydrogens (primary N) is 1. The van der Waals surface area contributed by atoms with Gasteiger partial charge in [0.05, 0.1) is 6.04 Å². The average molecular weight is 427 g/mol. The van der Waals surface area contributed by atoms with Crippen molar-refractivity contribution in [3.05, 3.63) is 16.2 Å². The molecular weight excluding hydrogens is 412 g/mol. The largest absolute Gasteiger partial charge is 0.477 e. The van der Waals surface area contributed by atoms with Crippen LogP contribution in [0.5, 0.6) is 0 Å². The van der Waals surface area contributed by atoms with E-state index in [4.69, 9.17) is 5.73 Å². The summed E-state index contributed by atoms with van der Waals surface area (Å²) in [5.74, 6) is -0.926. The highest BCUT2D eigenvalue weighted by molar-refractivity contribution is 8.14. The fourth-order valence-electron chi connectivity index (χ4n) is 3.07. The van der Waals surface area contributed by atoms with E-state index in [1.165, 1.54) is 45.3 Å². The molecule has 0 saturated carbocycles. The molecule has 4 heterocycles. The number of rotatable bonds is 5. The zero-order valence-electron chi connectivity index (χ0n) is 13.7. The Kier molecular flexibility index (Phi) is 4.82. The number of amidine groups is 1. The Labute approximate surface area is 165 Å². The first-order valence-corrected chi connectivity index (χ1v) is 10.8. The van der Waals surface area contributed by atoms with E-state index < -0.39 is 23.3 Å². The monoisotopic (exact) mass is 426 g/mol. The molecule has 4 N–H and O–H groups in total. The number of aromatic nitrogens is 2. The Hall–Kier alpha value is -2.12. The molecular formula is C14H14N6O4S3. The van der Waals surface area contributed by atoms with Gasteiger partial charge in [-0.05, 0) is 0 Å². The van der Waals surface area contributed by atoms with Gasteiger partial charge < -0.3 is 16.2 Å². The number of nitrogens with zero attached hydrogens (tertiary/aromatic N) is 4. The summed E-state index contributed by atoms with van der Waals surface area (Å²) in [5.41, 5.74) is 7.49. The van der Waals surface area contributed by atoms with Gasteiger partial charge in [-0.2, -0.15) is 0 Å². The lowest BCUT2D eigenvalue weighted by Gasteiger charge is -2.49. The third-order valence-electron chi connectivity index (χ3n) is 4.26. The molecule has 2 unspecified atom stereocenters. The Morgan fingerprint density at radius 1 is 1.44 bits per heavy atom. The van der Waals surface area contributed by atoms with Gasteiger partial charge in [-0.3, -0.25) is 19.5 Å². The number of hydrogen-bond acceptors (Lipinski definition) is 10. The Morgan fingerprint density at radius 2 is 2.26 bits per heavy atom. The van der Waals surface area contributed by atoms with Crippen LogP contribution in [0.1, 0.15) is 11.4 Å². The molecule has 0 bridgehead atoms. The van der Waals surface area contributed by atoms with Crippen molar-refractivity contribution in [2.45, 2.75) is 23.9 Å². The highest BCUT2D eigenvalue weighted by Crippen LogP contribution is 2.43. The third-order valence-corrected chi connectivity index (χ3v) is 7.24. The maximum atomic E-state index is 12.6. The highest BCUT2D eigenvalue weighted by Gasteiger charge is 2.54. The standard InChI is InChI=1S/C14H14N6O4S3/c15-14-17-5(2-26-14)1-7(21)18-8-11(22)20-9(13(23)24)6(3-25-12(8)20)10-19-16-4-27-10/h4-5,8,12H,1-3H2,(H2,15,17)(H,18,21)(H,23,24)/t5?,8?,12-/m0/s1. The van der Waals surface area contributed by atoms with Crippen LogP contribution in [0.25, 0.3) is 5.57 Å². The van der Waals surface area contributed by atoms with Crippen molar-refractivity contribution in [2.75, 3.05) is 11.5 Å². The number of thioether (sulfide) groups is 2. The van der Waals surface area contributed by atoms with Crippen molar-refractivity contribution in [1.29, 1.82) is 0 Å². The van der Waals surface area contributed by atoms with Gasteiger partial charge in [0.25, 0.3) is 5.91 Å². The average Bonchev–Trinajstić information content (AvgIpc) is 3.30. The number of carbonyl (C=O) groups is 3. The summed E-state index contributed by atoms with van der Waals surface area (Å²) in [6, 6.07) is -0.943. The number of carboxylic acids is 1. The van der Waals surface area contributed by atoms with Gasteiger partial charge in [0, 0.05) is 23.5 Å². The summed E-state index contributed by atoms with van der Waals surface area (Å²) >= 11 is 4.01. The minimum absolute atomic E-state index is 0.0874. The van der Waals surface area contributed by atoms with Crippen LogP contribution in [-0.4, -0.2) is 72.1 Å². The number of amides is 2. The summed E-state index contributed by atoms with van der Waals surface area (Å²) in [5, 5.41) is 20.5. The summed E-state index contributed by atoms with van der Waals surface area (Å²) in [7, 11) is 0. The van der Waals surface area contributed by atoms with Crippen LogP contribution in [-0.2, 0) is 14.4 Å². The van der Waals surface area contributed by atoms with Crippen molar-refractivity contribution in [3.8, 4) is 0 Å². The number of hydrogen-bond donors (Lipinski definition) is 3. The topological polar surface area (TPSA) is 151 Å². The van der Waals surface area contributed by atoms with Crippen molar-refractivity contribution in [1.82, 2.24) is 20.4 Å². The molecule has 3 aliphatic heterocycles. The molecule has 13 heteroatoms. The van der Waals surface area contributed by atoms with E-state index in [2.05, 4.69) is 20.5 Å². The molecule has 0 aromatic carbocycles. The summed E-state index contributed by atoms with van der Waals surface area (Å²) < 4.78 is 0. The lowest BCUT2D eigenvalue weighted by molar-refractivity contribution is -0.150. The highest BCUT2D eigenvalue weighted by atomic mass is 32.2. The summed E-state index contributed by atoms with van der Waals surface area (Å²) in [6.07, 6.45) is 0.145. The van der Waals surface area contributed by atoms with E-state index in [0.29, 0.717) is 27.3 Å². The second kappa shape index (κ2) is 7.13. The van der Waals surface area contributed by atoms with E-state index in [1.807, 2.05) is 0 Å². The number of carbonyl (C=O) groups excluding carboxylic acids is 2. The van der Waals surface area contributed by atoms with Gasteiger partial charge >= 0.3 is 5.97 Å². The van der Waals surface area contributed by atoms with Gasteiger partial charge in [-0.1, -0.05) is 11.8 Å². The minimum Gasteiger partial charge on any atom is -0.477 e. The first-order valence-electron chi connectivity index (χ1n) is 7.88. The number of aliphatic imine (C=N–C) groups is 1. The Bertz CT molecular complexity index is 870. The van der Waals surface area contributed by atoms with Crippen molar-refractivity contribution >= 4 is 63.4 Å². The van der Waals surface area contributed by atoms with Crippen LogP contribution in [0.15, 0.2) is 16.2 Å². The van der Waals surface area contributed by atoms with Crippen molar-refractivity contribution in [3.63, 3.8) is 0 Å². The van der Waals surface area contributed by atoms with Gasteiger partial charge in [0.1, 0.15) is 27.6 Å². The molecule has 0 spiro atoms. The molecule has 142 valence electrons. The van der Waals surface area contributed by atoms with Gasteiger partial charge in [-0.25, -0.2) is 4.79 Å². The predicted octanol–water partition coefficient (Wildman–Crippen LogP) is -0.446. The van der Waals surface area contributed by atoms with Gasteiger partial charge in [-0.15, -0.1) is 33.3 Å². The number of nitrogens with one attached hydrogen (secondary N) is 1. The van der Waals surface area contributed by atoms with E-state index in [9.17, 15) is 19.5 Å². The smallest absolute Gasteiger partial charge is 0.353 e. The quantitative estimate of drug-likeness (QED) is 0.532. The maximum Gasteiger partial charge on any atom is 0.353 e. The van der Waals surface area contributed by atoms with Crippen molar-refractivity contribution < 1.29 is 19.5 Å². The third kappa shape index (κ3) is 3.30. The fourth-order valence-corrected chi connectivity index (χ4v) is 5.89. The van der Waals surface area contributed by atoms with Crippen LogP contribution < -0.4 is 11.1 Å². The lowest BCUT2D eigenvalue weighted by Crippen LogP contribution is -2.70. The molecule has 0 aliphatic carbocycles. The van der Waals surface area contributed by atoms with Crippen LogP contribution in [0, 0.1) is 0 Å². The zero-order chi connectivity index (χ0) is 19.1. The molecule has 1 aromatic rings. The molecule has 10 nitrogen and oxygen atoms in total. The SMILES string of the molecule is NC1=NC(CC(=O)NC2C(=O)N3C(C(=O)O)=C(c4nncs4)CS[C@@H]23)CS1. The number of aliphatic carboxylic acids is 1. The summed E-state index contributed by atoms with van der Waals surface area (Å²) in [4.78, 5) is 41.9. The Morgan fingerprint density at radius 3 is 2.89 bits per heavy atom.